The summed E-state index contributed by atoms with van der Waals surface area (Å²) in [5.41, 5.74) is 5.60. The number of urea groups is 1. The van der Waals surface area contributed by atoms with Crippen LogP contribution in [-0.2, 0) is 9.59 Å². The molecule has 8 nitrogen and oxygen atoms in total. The van der Waals surface area contributed by atoms with Crippen molar-refractivity contribution in [1.82, 2.24) is 15.1 Å². The summed E-state index contributed by atoms with van der Waals surface area (Å²) in [6, 6.07) is -1.19. The molecule has 0 aromatic carbocycles. The Bertz CT molecular complexity index is 414. The van der Waals surface area contributed by atoms with E-state index in [4.69, 9.17) is 10.8 Å². The molecule has 0 aliphatic carbocycles. The van der Waals surface area contributed by atoms with E-state index < -0.39 is 17.9 Å². The smallest absolute Gasteiger partial charge is 0.320 e. The number of nitrogens with zero attached hydrogens (tertiary/aromatic N) is 2. The first-order valence-corrected chi connectivity index (χ1v) is 6.78. The first-order valence-electron chi connectivity index (χ1n) is 6.78. The molecule has 2 rings (SSSR count). The van der Waals surface area contributed by atoms with Crippen LogP contribution in [0.3, 0.4) is 0 Å². The van der Waals surface area contributed by atoms with Gasteiger partial charge in [0.15, 0.2) is 0 Å². The quantitative estimate of drug-likeness (QED) is 0.593. The molecule has 0 saturated carbocycles. The van der Waals surface area contributed by atoms with Gasteiger partial charge < -0.3 is 26.0 Å². The molecule has 0 aromatic rings. The van der Waals surface area contributed by atoms with Crippen LogP contribution in [0, 0.1) is 5.92 Å². The van der Waals surface area contributed by atoms with Gasteiger partial charge in [-0.2, -0.15) is 0 Å². The number of carbonyl (C=O) groups is 3. The maximum absolute atomic E-state index is 12.4. The van der Waals surface area contributed by atoms with Gasteiger partial charge in [-0.1, -0.05) is 0 Å². The highest BCUT2D eigenvalue weighted by atomic mass is 16.4. The molecule has 0 radical (unpaired) electrons. The zero-order valence-electron chi connectivity index (χ0n) is 11.2. The van der Waals surface area contributed by atoms with Crippen LogP contribution in [0.15, 0.2) is 0 Å². The third kappa shape index (κ3) is 3.01. The third-order valence-electron chi connectivity index (χ3n) is 3.83. The standard InChI is InChI=1S/C12H20N4O4/c13-6-8-1-3-15(7-8)12(20)16-4-2-14-11(19)9(16)5-10(17)18/h8-9H,1-7,13H2,(H,14,19)(H,17,18). The highest BCUT2D eigenvalue weighted by Crippen LogP contribution is 2.19. The predicted molar refractivity (Wildman–Crippen MR) is 69.9 cm³/mol. The summed E-state index contributed by atoms with van der Waals surface area (Å²) in [7, 11) is 0. The normalized spacial score (nSPS) is 26.6. The van der Waals surface area contributed by atoms with Crippen LogP contribution in [0.2, 0.25) is 0 Å². The number of hydrogen-bond acceptors (Lipinski definition) is 4. The molecular weight excluding hydrogens is 264 g/mol. The van der Waals surface area contributed by atoms with Gasteiger partial charge in [0, 0.05) is 26.2 Å². The molecule has 0 bridgehead atoms. The molecule has 2 heterocycles. The number of likely N-dealkylation sites (tertiary alicyclic amines) is 1. The molecular formula is C12H20N4O4. The minimum absolute atomic E-state index is 0.262. The molecule has 2 atom stereocenters. The fourth-order valence-corrected chi connectivity index (χ4v) is 2.69. The Morgan fingerprint density at radius 2 is 2.15 bits per heavy atom. The zero-order valence-corrected chi connectivity index (χ0v) is 11.2. The first kappa shape index (κ1) is 14.6. The highest BCUT2D eigenvalue weighted by Gasteiger charge is 2.38. The number of amides is 3. The molecule has 0 spiro atoms. The van der Waals surface area contributed by atoms with Gasteiger partial charge in [0.2, 0.25) is 5.91 Å². The fourth-order valence-electron chi connectivity index (χ4n) is 2.69. The maximum atomic E-state index is 12.4. The summed E-state index contributed by atoms with van der Waals surface area (Å²) < 4.78 is 0. The van der Waals surface area contributed by atoms with E-state index >= 15 is 0 Å². The number of carbonyl (C=O) groups excluding carboxylic acids is 2. The lowest BCUT2D eigenvalue weighted by Gasteiger charge is -2.36. The number of nitrogens with two attached hydrogens (primary N) is 1. The van der Waals surface area contributed by atoms with Gasteiger partial charge in [0.25, 0.3) is 0 Å². The van der Waals surface area contributed by atoms with E-state index in [1.807, 2.05) is 0 Å². The summed E-state index contributed by atoms with van der Waals surface area (Å²) in [6.07, 6.45) is 0.484. The van der Waals surface area contributed by atoms with Crippen molar-refractivity contribution in [2.75, 3.05) is 32.7 Å². The fraction of sp³-hybridized carbons (Fsp3) is 0.750. The molecule has 2 aliphatic rings. The highest BCUT2D eigenvalue weighted by molar-refractivity contribution is 5.91. The second-order valence-electron chi connectivity index (χ2n) is 5.22. The number of piperazine rings is 1. The minimum atomic E-state index is -1.09. The molecule has 4 N–H and O–H groups in total. The van der Waals surface area contributed by atoms with Crippen molar-refractivity contribution in [2.24, 2.45) is 11.7 Å². The lowest BCUT2D eigenvalue weighted by atomic mass is 10.1. The second kappa shape index (κ2) is 6.08. The van der Waals surface area contributed by atoms with Crippen molar-refractivity contribution < 1.29 is 19.5 Å². The van der Waals surface area contributed by atoms with Gasteiger partial charge in [0.05, 0.1) is 6.42 Å². The van der Waals surface area contributed by atoms with E-state index in [0.29, 0.717) is 32.7 Å². The van der Waals surface area contributed by atoms with Gasteiger partial charge in [0.1, 0.15) is 6.04 Å². The average molecular weight is 284 g/mol. The maximum Gasteiger partial charge on any atom is 0.320 e. The SMILES string of the molecule is NCC1CCN(C(=O)N2CCNC(=O)C2CC(=O)O)C1. The molecule has 20 heavy (non-hydrogen) atoms. The number of carboxylic acids is 1. The first-order chi connectivity index (χ1) is 9.52. The van der Waals surface area contributed by atoms with Crippen LogP contribution in [0.1, 0.15) is 12.8 Å². The molecule has 112 valence electrons. The molecule has 0 aromatic heterocycles. The minimum Gasteiger partial charge on any atom is -0.481 e. The summed E-state index contributed by atoms with van der Waals surface area (Å²) in [4.78, 5) is 38.1. The van der Waals surface area contributed by atoms with Crippen molar-refractivity contribution in [3.8, 4) is 0 Å². The van der Waals surface area contributed by atoms with Gasteiger partial charge in [-0.3, -0.25) is 9.59 Å². The van der Waals surface area contributed by atoms with Crippen molar-refractivity contribution in [2.45, 2.75) is 18.9 Å². The van der Waals surface area contributed by atoms with Crippen LogP contribution in [-0.4, -0.2) is 71.6 Å². The van der Waals surface area contributed by atoms with Crippen LogP contribution >= 0.6 is 0 Å². The van der Waals surface area contributed by atoms with Gasteiger partial charge >= 0.3 is 12.0 Å². The Kier molecular flexibility index (Phi) is 4.43. The average Bonchev–Trinajstić information content (AvgIpc) is 2.88. The van der Waals surface area contributed by atoms with Gasteiger partial charge in [-0.25, -0.2) is 4.79 Å². The topological polar surface area (TPSA) is 116 Å². The Hall–Kier alpha value is -1.83. The number of carboxylic acid groups (broad SMARTS) is 1. The Labute approximate surface area is 116 Å². The molecule has 2 unspecified atom stereocenters. The number of nitrogens with one attached hydrogen (secondary N) is 1. The van der Waals surface area contributed by atoms with Crippen molar-refractivity contribution >= 4 is 17.9 Å². The molecule has 8 heteroatoms. The summed E-state index contributed by atoms with van der Waals surface area (Å²) in [6.45, 7) is 2.41. The van der Waals surface area contributed by atoms with E-state index in [0.717, 1.165) is 6.42 Å². The molecule has 2 aliphatic heterocycles. The molecule has 2 saturated heterocycles. The van der Waals surface area contributed by atoms with E-state index in [1.165, 1.54) is 4.90 Å². The Morgan fingerprint density at radius 1 is 1.40 bits per heavy atom. The van der Waals surface area contributed by atoms with Crippen LogP contribution in [0.25, 0.3) is 0 Å². The summed E-state index contributed by atoms with van der Waals surface area (Å²) >= 11 is 0. The van der Waals surface area contributed by atoms with Gasteiger partial charge in [-0.05, 0) is 18.9 Å². The van der Waals surface area contributed by atoms with Crippen LogP contribution in [0.5, 0.6) is 0 Å². The Morgan fingerprint density at radius 3 is 2.75 bits per heavy atom. The van der Waals surface area contributed by atoms with E-state index in [2.05, 4.69) is 5.32 Å². The van der Waals surface area contributed by atoms with Crippen molar-refractivity contribution in [3.63, 3.8) is 0 Å². The molecule has 3 amide bonds. The van der Waals surface area contributed by atoms with Crippen LogP contribution in [0.4, 0.5) is 4.79 Å². The van der Waals surface area contributed by atoms with E-state index in [1.54, 1.807) is 4.90 Å². The zero-order chi connectivity index (χ0) is 14.7. The summed E-state index contributed by atoms with van der Waals surface area (Å²) in [5, 5.41) is 11.5. The predicted octanol–water partition coefficient (Wildman–Crippen LogP) is -1.34. The van der Waals surface area contributed by atoms with E-state index in [-0.39, 0.29) is 18.4 Å². The van der Waals surface area contributed by atoms with Crippen LogP contribution < -0.4 is 11.1 Å². The van der Waals surface area contributed by atoms with E-state index in [9.17, 15) is 14.4 Å². The van der Waals surface area contributed by atoms with Crippen molar-refractivity contribution in [1.29, 1.82) is 0 Å². The largest absolute Gasteiger partial charge is 0.481 e. The molecule has 2 fully saturated rings. The summed E-state index contributed by atoms with van der Waals surface area (Å²) in [5.74, 6) is -1.21. The van der Waals surface area contributed by atoms with Gasteiger partial charge in [-0.15, -0.1) is 0 Å². The lowest BCUT2D eigenvalue weighted by molar-refractivity contribution is -0.142. The Balaban J connectivity index is 2.06. The number of hydrogen-bond donors (Lipinski definition) is 3. The van der Waals surface area contributed by atoms with Crippen molar-refractivity contribution in [3.05, 3.63) is 0 Å². The second-order valence-corrected chi connectivity index (χ2v) is 5.22. The number of rotatable bonds is 3. The third-order valence-corrected chi connectivity index (χ3v) is 3.83. The monoisotopic (exact) mass is 284 g/mol. The lowest BCUT2D eigenvalue weighted by Crippen LogP contribution is -2.60. The number of aliphatic carboxylic acids is 1.